The number of carbonyl (C=O) groups is 2. The molecule has 1 aliphatic heterocycles. The number of nitrogens with zero attached hydrogens (tertiary/aromatic N) is 1. The van der Waals surface area contributed by atoms with E-state index in [1.807, 2.05) is 0 Å². The van der Waals surface area contributed by atoms with Gasteiger partial charge in [-0.3, -0.25) is 14.9 Å². The highest BCUT2D eigenvalue weighted by atomic mass is 16.7. The van der Waals surface area contributed by atoms with Gasteiger partial charge < -0.3 is 0 Å². The molecule has 0 spiro atoms. The standard InChI is InChI=1S/C7H12N2O3/c1-4-12-9-6(11)8-5(10)7(9,2)3/h4H2,1-3H3,(H,8,10,11). The van der Waals surface area contributed by atoms with Gasteiger partial charge in [-0.1, -0.05) is 0 Å². The van der Waals surface area contributed by atoms with Crippen LogP contribution in [-0.2, 0) is 9.63 Å². The second kappa shape index (κ2) is 2.75. The summed E-state index contributed by atoms with van der Waals surface area (Å²) in [5.74, 6) is -0.332. The average Bonchev–Trinajstić information content (AvgIpc) is 2.14. The summed E-state index contributed by atoms with van der Waals surface area (Å²) in [5.41, 5.74) is -0.896. The van der Waals surface area contributed by atoms with Crippen LogP contribution in [0, 0.1) is 0 Å². The molecule has 12 heavy (non-hydrogen) atoms. The molecule has 68 valence electrons. The van der Waals surface area contributed by atoms with E-state index in [1.54, 1.807) is 20.8 Å². The normalized spacial score (nSPS) is 21.4. The minimum absolute atomic E-state index is 0.332. The first kappa shape index (κ1) is 8.99. The van der Waals surface area contributed by atoms with E-state index < -0.39 is 11.6 Å². The molecule has 0 bridgehead atoms. The highest BCUT2D eigenvalue weighted by Crippen LogP contribution is 2.20. The molecule has 1 aliphatic rings. The summed E-state index contributed by atoms with van der Waals surface area (Å²) in [6.45, 7) is 5.38. The number of hydrogen-bond donors (Lipinski definition) is 1. The van der Waals surface area contributed by atoms with E-state index in [9.17, 15) is 9.59 Å². The molecule has 1 rings (SSSR count). The molecule has 0 saturated carbocycles. The molecule has 5 nitrogen and oxygen atoms in total. The molecule has 0 unspecified atom stereocenters. The minimum Gasteiger partial charge on any atom is -0.274 e. The lowest BCUT2D eigenvalue weighted by molar-refractivity contribution is -0.163. The molecule has 0 aromatic carbocycles. The summed E-state index contributed by atoms with van der Waals surface area (Å²) in [6, 6.07) is -0.494. The summed E-state index contributed by atoms with van der Waals surface area (Å²) >= 11 is 0. The predicted molar refractivity (Wildman–Crippen MR) is 41.1 cm³/mol. The lowest BCUT2D eigenvalue weighted by Crippen LogP contribution is -2.44. The third kappa shape index (κ3) is 1.16. The van der Waals surface area contributed by atoms with E-state index in [-0.39, 0.29) is 5.91 Å². The number of imide groups is 1. The number of hydroxylamine groups is 2. The molecule has 0 aliphatic carbocycles. The average molecular weight is 172 g/mol. The van der Waals surface area contributed by atoms with Gasteiger partial charge in [0.1, 0.15) is 5.54 Å². The van der Waals surface area contributed by atoms with E-state index in [4.69, 9.17) is 4.84 Å². The zero-order valence-electron chi connectivity index (χ0n) is 7.38. The second-order valence-corrected chi connectivity index (χ2v) is 3.03. The Labute approximate surface area is 70.6 Å². The van der Waals surface area contributed by atoms with Crippen LogP contribution in [0.5, 0.6) is 0 Å². The molecule has 5 heteroatoms. The quantitative estimate of drug-likeness (QED) is 0.608. The summed E-state index contributed by atoms with van der Waals surface area (Å²) in [6.07, 6.45) is 0. The molecule has 0 aromatic heterocycles. The Bertz CT molecular complexity index is 225. The maximum absolute atomic E-state index is 11.1. The SMILES string of the molecule is CCON1C(=O)NC(=O)C1(C)C. The van der Waals surface area contributed by atoms with Crippen LogP contribution >= 0.6 is 0 Å². The first-order valence-electron chi connectivity index (χ1n) is 3.78. The van der Waals surface area contributed by atoms with Gasteiger partial charge in [0.25, 0.3) is 5.91 Å². The van der Waals surface area contributed by atoms with Gasteiger partial charge in [-0.05, 0) is 20.8 Å². The van der Waals surface area contributed by atoms with Crippen LogP contribution in [0.4, 0.5) is 4.79 Å². The van der Waals surface area contributed by atoms with Crippen molar-refractivity contribution in [1.82, 2.24) is 10.4 Å². The van der Waals surface area contributed by atoms with Crippen molar-refractivity contribution in [2.75, 3.05) is 6.61 Å². The smallest absolute Gasteiger partial charge is 0.274 e. The highest BCUT2D eigenvalue weighted by molar-refractivity contribution is 6.05. The number of urea groups is 1. The molecule has 0 aromatic rings. The van der Waals surface area contributed by atoms with Crippen LogP contribution < -0.4 is 5.32 Å². The number of carbonyl (C=O) groups excluding carboxylic acids is 2. The molecule has 3 amide bonds. The predicted octanol–water partition coefficient (Wildman–Crippen LogP) is 0.268. The molecule has 1 N–H and O–H groups in total. The summed E-state index contributed by atoms with van der Waals surface area (Å²) < 4.78 is 0. The van der Waals surface area contributed by atoms with E-state index in [0.717, 1.165) is 5.06 Å². The summed E-state index contributed by atoms with van der Waals surface area (Å²) in [4.78, 5) is 27.2. The van der Waals surface area contributed by atoms with Crippen molar-refractivity contribution in [3.63, 3.8) is 0 Å². The van der Waals surface area contributed by atoms with E-state index in [2.05, 4.69) is 5.32 Å². The van der Waals surface area contributed by atoms with Gasteiger partial charge in [-0.25, -0.2) is 4.79 Å². The minimum atomic E-state index is -0.896. The van der Waals surface area contributed by atoms with Gasteiger partial charge in [0, 0.05) is 0 Å². The van der Waals surface area contributed by atoms with Crippen molar-refractivity contribution < 1.29 is 14.4 Å². The number of amides is 3. The fourth-order valence-corrected chi connectivity index (χ4v) is 0.996. The van der Waals surface area contributed by atoms with Gasteiger partial charge in [-0.2, -0.15) is 5.06 Å². The van der Waals surface area contributed by atoms with Gasteiger partial charge in [-0.15, -0.1) is 0 Å². The Morgan fingerprint density at radius 2 is 2.08 bits per heavy atom. The summed E-state index contributed by atoms with van der Waals surface area (Å²) in [7, 11) is 0. The van der Waals surface area contributed by atoms with E-state index in [0.29, 0.717) is 6.61 Å². The van der Waals surface area contributed by atoms with Gasteiger partial charge in [0.05, 0.1) is 6.61 Å². The van der Waals surface area contributed by atoms with Crippen molar-refractivity contribution in [2.24, 2.45) is 0 Å². The first-order chi connectivity index (χ1) is 5.50. The van der Waals surface area contributed by atoms with Crippen LogP contribution in [0.25, 0.3) is 0 Å². The van der Waals surface area contributed by atoms with Crippen molar-refractivity contribution in [3.05, 3.63) is 0 Å². The maximum Gasteiger partial charge on any atom is 0.349 e. The molecule has 1 saturated heterocycles. The van der Waals surface area contributed by atoms with E-state index >= 15 is 0 Å². The number of rotatable bonds is 2. The zero-order valence-corrected chi connectivity index (χ0v) is 7.38. The van der Waals surface area contributed by atoms with Crippen molar-refractivity contribution in [3.8, 4) is 0 Å². The Balaban J connectivity index is 2.83. The van der Waals surface area contributed by atoms with E-state index in [1.165, 1.54) is 0 Å². The third-order valence-corrected chi connectivity index (χ3v) is 1.73. The number of hydrogen-bond acceptors (Lipinski definition) is 3. The lowest BCUT2D eigenvalue weighted by Gasteiger charge is -2.25. The van der Waals surface area contributed by atoms with Crippen LogP contribution in [0.15, 0.2) is 0 Å². The molecule has 0 atom stereocenters. The Kier molecular flexibility index (Phi) is 2.06. The topological polar surface area (TPSA) is 58.6 Å². The third-order valence-electron chi connectivity index (χ3n) is 1.73. The summed E-state index contributed by atoms with van der Waals surface area (Å²) in [5, 5.41) is 3.23. The van der Waals surface area contributed by atoms with Gasteiger partial charge >= 0.3 is 6.03 Å². The van der Waals surface area contributed by atoms with Crippen LogP contribution in [0.1, 0.15) is 20.8 Å². The van der Waals surface area contributed by atoms with Crippen LogP contribution in [0.3, 0.4) is 0 Å². The molecule has 1 heterocycles. The fraction of sp³-hybridized carbons (Fsp3) is 0.714. The Hall–Kier alpha value is -1.10. The Morgan fingerprint density at radius 3 is 2.42 bits per heavy atom. The van der Waals surface area contributed by atoms with Crippen molar-refractivity contribution >= 4 is 11.9 Å². The monoisotopic (exact) mass is 172 g/mol. The number of nitrogens with one attached hydrogen (secondary N) is 1. The molecular weight excluding hydrogens is 160 g/mol. The fourth-order valence-electron chi connectivity index (χ4n) is 0.996. The van der Waals surface area contributed by atoms with Gasteiger partial charge in [0.15, 0.2) is 0 Å². The highest BCUT2D eigenvalue weighted by Gasteiger charge is 2.46. The van der Waals surface area contributed by atoms with Crippen LogP contribution in [-0.4, -0.2) is 29.1 Å². The molecule has 0 radical (unpaired) electrons. The lowest BCUT2D eigenvalue weighted by atomic mass is 10.1. The second-order valence-electron chi connectivity index (χ2n) is 3.03. The zero-order chi connectivity index (χ0) is 9.35. The van der Waals surface area contributed by atoms with Crippen molar-refractivity contribution in [1.29, 1.82) is 0 Å². The largest absolute Gasteiger partial charge is 0.349 e. The maximum atomic E-state index is 11.1. The van der Waals surface area contributed by atoms with Gasteiger partial charge in [0.2, 0.25) is 0 Å². The first-order valence-corrected chi connectivity index (χ1v) is 3.78. The van der Waals surface area contributed by atoms with Crippen LogP contribution in [0.2, 0.25) is 0 Å². The molecule has 1 fully saturated rings. The van der Waals surface area contributed by atoms with Crippen molar-refractivity contribution in [2.45, 2.75) is 26.3 Å². The molecular formula is C7H12N2O3. The Morgan fingerprint density at radius 1 is 1.50 bits per heavy atom.